The molecule has 0 aliphatic carbocycles. The molecule has 0 saturated carbocycles. The van der Waals surface area contributed by atoms with E-state index in [1.807, 2.05) is 0 Å². The van der Waals surface area contributed by atoms with Crippen LogP contribution in [0, 0.1) is 0 Å². The molecule has 22 heavy (non-hydrogen) atoms. The minimum atomic E-state index is -3.66. The third-order valence-corrected chi connectivity index (χ3v) is 4.94. The Kier molecular flexibility index (Phi) is 6.19. The molecule has 124 valence electrons. The number of aliphatic hydroxyl groups is 1. The van der Waals surface area contributed by atoms with Gasteiger partial charge in [0.2, 0.25) is 10.0 Å². The summed E-state index contributed by atoms with van der Waals surface area (Å²) in [6.45, 7) is 2.60. The van der Waals surface area contributed by atoms with Gasteiger partial charge in [-0.1, -0.05) is 6.42 Å². The molecular formula is C15H24N2O4S. The molecule has 0 amide bonds. The van der Waals surface area contributed by atoms with E-state index < -0.39 is 10.0 Å². The van der Waals surface area contributed by atoms with Gasteiger partial charge in [-0.2, -0.15) is 0 Å². The molecule has 1 unspecified atom stereocenters. The summed E-state index contributed by atoms with van der Waals surface area (Å²) in [6, 6.07) is 6.55. The summed E-state index contributed by atoms with van der Waals surface area (Å²) in [6.07, 6.45) is 4.34. The molecule has 7 heteroatoms. The van der Waals surface area contributed by atoms with Gasteiger partial charge in [0.15, 0.2) is 0 Å². The van der Waals surface area contributed by atoms with Crippen LogP contribution in [-0.4, -0.2) is 50.8 Å². The first-order valence-corrected chi connectivity index (χ1v) is 9.16. The lowest BCUT2D eigenvalue weighted by Crippen LogP contribution is -2.42. The molecule has 1 saturated heterocycles. The summed E-state index contributed by atoms with van der Waals surface area (Å²) in [5.41, 5.74) is 0. The first-order valence-electron chi connectivity index (χ1n) is 7.61. The van der Waals surface area contributed by atoms with E-state index in [0.29, 0.717) is 18.4 Å². The average Bonchev–Trinajstić information content (AvgIpc) is 2.49. The molecule has 1 heterocycles. The van der Waals surface area contributed by atoms with Crippen LogP contribution in [-0.2, 0) is 10.0 Å². The van der Waals surface area contributed by atoms with Crippen molar-refractivity contribution in [3.8, 4) is 5.75 Å². The number of benzene rings is 1. The molecule has 6 nitrogen and oxygen atoms in total. The number of ether oxygens (including phenoxy) is 1. The number of hydrogen-bond acceptors (Lipinski definition) is 5. The first kappa shape index (κ1) is 17.2. The normalized spacial score (nSPS) is 20.0. The number of nitrogens with zero attached hydrogens (tertiary/aromatic N) is 1. The zero-order valence-corrected chi connectivity index (χ0v) is 13.5. The van der Waals surface area contributed by atoms with Gasteiger partial charge in [-0.15, -0.1) is 0 Å². The van der Waals surface area contributed by atoms with Crippen LogP contribution in [0.2, 0.25) is 0 Å². The molecule has 3 N–H and O–H groups in total. The van der Waals surface area contributed by atoms with Crippen molar-refractivity contribution in [2.24, 2.45) is 5.14 Å². The molecule has 0 spiro atoms. The second kappa shape index (κ2) is 7.92. The first-order chi connectivity index (χ1) is 10.5. The van der Waals surface area contributed by atoms with E-state index in [0.717, 1.165) is 25.9 Å². The lowest BCUT2D eigenvalue weighted by molar-refractivity contribution is 0.102. The van der Waals surface area contributed by atoms with Crippen LogP contribution >= 0.6 is 0 Å². The highest BCUT2D eigenvalue weighted by atomic mass is 32.2. The van der Waals surface area contributed by atoms with Gasteiger partial charge in [-0.3, -0.25) is 4.90 Å². The molecule has 1 atom stereocenters. The Hall–Kier alpha value is -1.15. The summed E-state index contributed by atoms with van der Waals surface area (Å²) >= 11 is 0. The molecule has 1 aromatic carbocycles. The second-order valence-electron chi connectivity index (χ2n) is 5.56. The van der Waals surface area contributed by atoms with Crippen molar-refractivity contribution in [2.45, 2.75) is 36.6 Å². The van der Waals surface area contributed by atoms with Gasteiger partial charge < -0.3 is 9.84 Å². The van der Waals surface area contributed by atoms with Crippen LogP contribution in [0.3, 0.4) is 0 Å². The van der Waals surface area contributed by atoms with Crippen LogP contribution in [0.4, 0.5) is 0 Å². The Balaban J connectivity index is 1.82. The highest BCUT2D eigenvalue weighted by Crippen LogP contribution is 2.19. The van der Waals surface area contributed by atoms with Crippen molar-refractivity contribution in [3.05, 3.63) is 24.3 Å². The molecule has 0 radical (unpaired) electrons. The smallest absolute Gasteiger partial charge is 0.238 e. The van der Waals surface area contributed by atoms with Gasteiger partial charge in [0.05, 0.1) is 4.90 Å². The molecule has 1 fully saturated rings. The maximum atomic E-state index is 11.2. The predicted octanol–water partition coefficient (Wildman–Crippen LogP) is 0.950. The molecular weight excluding hydrogens is 304 g/mol. The number of likely N-dealkylation sites (tertiary alicyclic amines) is 1. The number of hydrogen-bond donors (Lipinski definition) is 2. The van der Waals surface area contributed by atoms with Crippen molar-refractivity contribution in [1.82, 2.24) is 4.90 Å². The third-order valence-electron chi connectivity index (χ3n) is 4.01. The minimum absolute atomic E-state index is 0.0823. The number of rotatable bonds is 7. The molecule has 1 aromatic rings. The number of nitrogens with two attached hydrogens (primary N) is 1. The number of piperidine rings is 1. The highest BCUT2D eigenvalue weighted by molar-refractivity contribution is 7.89. The summed E-state index contributed by atoms with van der Waals surface area (Å²) in [7, 11) is -3.66. The van der Waals surface area contributed by atoms with Crippen LogP contribution in [0.1, 0.15) is 25.7 Å². The summed E-state index contributed by atoms with van der Waals surface area (Å²) in [5, 5.41) is 14.2. The number of aliphatic hydroxyl groups excluding tert-OH is 1. The monoisotopic (exact) mass is 328 g/mol. The lowest BCUT2D eigenvalue weighted by atomic mass is 10.00. The van der Waals surface area contributed by atoms with Crippen LogP contribution < -0.4 is 9.88 Å². The van der Waals surface area contributed by atoms with Crippen LogP contribution in [0.25, 0.3) is 0 Å². The molecule has 0 aromatic heterocycles. The predicted molar refractivity (Wildman–Crippen MR) is 84.2 cm³/mol. The Morgan fingerprint density at radius 2 is 2.00 bits per heavy atom. The van der Waals surface area contributed by atoms with E-state index in [4.69, 9.17) is 15.0 Å². The van der Waals surface area contributed by atoms with Crippen molar-refractivity contribution in [2.75, 3.05) is 26.3 Å². The quantitative estimate of drug-likeness (QED) is 0.777. The fourth-order valence-corrected chi connectivity index (χ4v) is 3.35. The molecule has 0 bridgehead atoms. The number of primary sulfonamides is 1. The Morgan fingerprint density at radius 1 is 1.27 bits per heavy atom. The zero-order chi connectivity index (χ0) is 16.0. The van der Waals surface area contributed by atoms with Gasteiger partial charge in [0.25, 0.3) is 0 Å². The second-order valence-corrected chi connectivity index (χ2v) is 7.12. The molecule has 1 aliphatic heterocycles. The van der Waals surface area contributed by atoms with Crippen LogP contribution in [0.15, 0.2) is 29.2 Å². The summed E-state index contributed by atoms with van der Waals surface area (Å²) in [4.78, 5) is 2.44. The lowest BCUT2D eigenvalue weighted by Gasteiger charge is -2.35. The molecule has 1 aliphatic rings. The van der Waals surface area contributed by atoms with E-state index in [-0.39, 0.29) is 11.5 Å². The van der Waals surface area contributed by atoms with Crippen molar-refractivity contribution >= 4 is 10.0 Å². The molecule has 2 rings (SSSR count). The van der Waals surface area contributed by atoms with Crippen molar-refractivity contribution < 1.29 is 18.3 Å². The Labute approximate surface area is 131 Å². The van der Waals surface area contributed by atoms with Gasteiger partial charge in [-0.05, 0) is 50.1 Å². The standard InChI is InChI=1S/C15H24N2O4S/c16-22(19,20)15-6-4-14(5-7-15)21-12-10-17-9-2-1-3-13(17)8-11-18/h4-7,13,18H,1-3,8-12H2,(H2,16,19,20). The van der Waals surface area contributed by atoms with E-state index in [1.165, 1.54) is 25.0 Å². The van der Waals surface area contributed by atoms with Crippen LogP contribution in [0.5, 0.6) is 5.75 Å². The van der Waals surface area contributed by atoms with Crippen molar-refractivity contribution in [1.29, 1.82) is 0 Å². The Bertz CT molecular complexity index is 557. The van der Waals surface area contributed by atoms with Gasteiger partial charge in [0, 0.05) is 19.2 Å². The van der Waals surface area contributed by atoms with Crippen molar-refractivity contribution in [3.63, 3.8) is 0 Å². The highest BCUT2D eigenvalue weighted by Gasteiger charge is 2.21. The number of sulfonamides is 1. The maximum Gasteiger partial charge on any atom is 0.238 e. The fraction of sp³-hybridized carbons (Fsp3) is 0.600. The average molecular weight is 328 g/mol. The third kappa shape index (κ3) is 4.95. The minimum Gasteiger partial charge on any atom is -0.492 e. The summed E-state index contributed by atoms with van der Waals surface area (Å²) < 4.78 is 28.0. The zero-order valence-electron chi connectivity index (χ0n) is 12.6. The van der Waals surface area contributed by atoms with Gasteiger partial charge >= 0.3 is 0 Å². The maximum absolute atomic E-state index is 11.2. The Morgan fingerprint density at radius 3 is 2.64 bits per heavy atom. The largest absolute Gasteiger partial charge is 0.492 e. The topological polar surface area (TPSA) is 92.9 Å². The summed E-state index contributed by atoms with van der Waals surface area (Å²) in [5.74, 6) is 0.628. The fourth-order valence-electron chi connectivity index (χ4n) is 2.84. The van der Waals surface area contributed by atoms with Gasteiger partial charge in [0.1, 0.15) is 12.4 Å². The van der Waals surface area contributed by atoms with E-state index in [9.17, 15) is 8.42 Å². The SMILES string of the molecule is NS(=O)(=O)c1ccc(OCCN2CCCCC2CCO)cc1. The van der Waals surface area contributed by atoms with Gasteiger partial charge in [-0.25, -0.2) is 13.6 Å². The van der Waals surface area contributed by atoms with E-state index in [2.05, 4.69) is 4.90 Å². The van der Waals surface area contributed by atoms with E-state index >= 15 is 0 Å². The van der Waals surface area contributed by atoms with E-state index in [1.54, 1.807) is 12.1 Å².